The molecule has 0 aromatic heterocycles. The summed E-state index contributed by atoms with van der Waals surface area (Å²) in [5, 5.41) is 0. The van der Waals surface area contributed by atoms with Crippen LogP contribution in [0.5, 0.6) is 0 Å². The van der Waals surface area contributed by atoms with Gasteiger partial charge < -0.3 is 4.74 Å². The second-order valence-electron chi connectivity index (χ2n) is 4.92. The Kier molecular flexibility index (Phi) is 3.19. The minimum absolute atomic E-state index is 0.00373. The van der Waals surface area contributed by atoms with Crippen molar-refractivity contribution in [2.24, 2.45) is 17.8 Å². The molecule has 0 radical (unpaired) electrons. The Morgan fingerprint density at radius 1 is 1.41 bits per heavy atom. The normalized spacial score (nSPS) is 32.8. The van der Waals surface area contributed by atoms with Crippen molar-refractivity contribution in [3.8, 4) is 0 Å². The highest BCUT2D eigenvalue weighted by Crippen LogP contribution is 2.46. The van der Waals surface area contributed by atoms with E-state index in [9.17, 15) is 18.0 Å². The molecule has 0 N–H and O–H groups in total. The van der Waals surface area contributed by atoms with E-state index in [0.29, 0.717) is 5.92 Å². The van der Waals surface area contributed by atoms with Crippen LogP contribution in [-0.4, -0.2) is 18.2 Å². The van der Waals surface area contributed by atoms with E-state index in [0.717, 1.165) is 19.8 Å². The van der Waals surface area contributed by atoms with Gasteiger partial charge in [-0.05, 0) is 37.0 Å². The van der Waals surface area contributed by atoms with Crippen LogP contribution in [-0.2, 0) is 9.53 Å². The lowest BCUT2D eigenvalue weighted by atomic mass is 9.88. The van der Waals surface area contributed by atoms with Crippen LogP contribution in [0.25, 0.3) is 0 Å². The van der Waals surface area contributed by atoms with Crippen molar-refractivity contribution in [1.29, 1.82) is 0 Å². The number of rotatable bonds is 3. The number of carbonyl (C=O) groups excluding carboxylic acids is 1. The van der Waals surface area contributed by atoms with Gasteiger partial charge in [-0.25, -0.2) is 0 Å². The fourth-order valence-corrected chi connectivity index (χ4v) is 2.89. The van der Waals surface area contributed by atoms with Crippen LogP contribution in [0.2, 0.25) is 0 Å². The fraction of sp³-hybridized carbons (Fsp3) is 0.750. The summed E-state index contributed by atoms with van der Waals surface area (Å²) in [6, 6.07) is 0. The average molecular weight is 248 g/mol. The van der Waals surface area contributed by atoms with E-state index in [2.05, 4.69) is 10.8 Å². The van der Waals surface area contributed by atoms with Crippen LogP contribution in [0.3, 0.4) is 0 Å². The molecule has 1 fully saturated rings. The lowest BCUT2D eigenvalue weighted by Gasteiger charge is -2.25. The first kappa shape index (κ1) is 12.5. The van der Waals surface area contributed by atoms with Crippen LogP contribution in [0.4, 0.5) is 13.2 Å². The number of hydrogen-bond donors (Lipinski definition) is 0. The molecule has 17 heavy (non-hydrogen) atoms. The predicted octanol–water partition coefficient (Wildman–Crippen LogP) is 3.08. The highest BCUT2D eigenvalue weighted by Gasteiger charge is 2.46. The van der Waals surface area contributed by atoms with Crippen molar-refractivity contribution in [3.05, 3.63) is 12.2 Å². The molecule has 4 atom stereocenters. The summed E-state index contributed by atoms with van der Waals surface area (Å²) < 4.78 is 42.4. The summed E-state index contributed by atoms with van der Waals surface area (Å²) in [6.45, 7) is 1.01. The molecule has 2 aliphatic carbocycles. The third-order valence-electron chi connectivity index (χ3n) is 3.61. The summed E-state index contributed by atoms with van der Waals surface area (Å²) >= 11 is 0. The summed E-state index contributed by atoms with van der Waals surface area (Å²) in [5.41, 5.74) is 0. The van der Waals surface area contributed by atoms with Crippen molar-refractivity contribution in [2.45, 2.75) is 38.5 Å². The van der Waals surface area contributed by atoms with Gasteiger partial charge in [-0.15, -0.1) is 0 Å². The van der Waals surface area contributed by atoms with E-state index in [4.69, 9.17) is 0 Å². The van der Waals surface area contributed by atoms with Crippen LogP contribution in [0.15, 0.2) is 12.2 Å². The fourth-order valence-electron chi connectivity index (χ4n) is 2.89. The first-order valence-electron chi connectivity index (χ1n) is 5.78. The molecule has 0 aliphatic heterocycles. The predicted molar refractivity (Wildman–Crippen MR) is 55.1 cm³/mol. The molecule has 2 aliphatic rings. The zero-order chi connectivity index (χ0) is 12.6. The van der Waals surface area contributed by atoms with Gasteiger partial charge in [0.15, 0.2) is 6.10 Å². The Balaban J connectivity index is 1.98. The lowest BCUT2D eigenvalue weighted by molar-refractivity contribution is -0.224. The number of esters is 1. The molecule has 5 heteroatoms. The largest absolute Gasteiger partial charge is 0.453 e. The third kappa shape index (κ3) is 2.82. The van der Waals surface area contributed by atoms with Crippen LogP contribution in [0.1, 0.15) is 26.2 Å². The highest BCUT2D eigenvalue weighted by molar-refractivity contribution is 5.66. The lowest BCUT2D eigenvalue weighted by Crippen LogP contribution is -2.35. The first-order valence-corrected chi connectivity index (χ1v) is 5.78. The van der Waals surface area contributed by atoms with Gasteiger partial charge in [-0.2, -0.15) is 13.2 Å². The number of allylic oxidation sites excluding steroid dienone is 2. The van der Waals surface area contributed by atoms with Crippen molar-refractivity contribution < 1.29 is 22.7 Å². The van der Waals surface area contributed by atoms with Crippen LogP contribution >= 0.6 is 0 Å². The molecule has 0 aromatic carbocycles. The van der Waals surface area contributed by atoms with Crippen molar-refractivity contribution in [3.63, 3.8) is 0 Å². The molecule has 0 spiro atoms. The Morgan fingerprint density at radius 3 is 2.53 bits per heavy atom. The highest BCUT2D eigenvalue weighted by atomic mass is 19.4. The molecule has 1 saturated carbocycles. The van der Waals surface area contributed by atoms with Gasteiger partial charge in [0, 0.05) is 6.92 Å². The summed E-state index contributed by atoms with van der Waals surface area (Å²) in [6.07, 6.45) is -0.691. The molecule has 2 bridgehead atoms. The molecule has 2 nitrogen and oxygen atoms in total. The molecule has 0 heterocycles. The maximum absolute atomic E-state index is 12.7. The minimum Gasteiger partial charge on any atom is -0.453 e. The number of carbonyl (C=O) groups is 1. The van der Waals surface area contributed by atoms with Gasteiger partial charge in [-0.3, -0.25) is 4.79 Å². The maximum atomic E-state index is 12.7. The molecule has 2 rings (SSSR count). The van der Waals surface area contributed by atoms with E-state index in [1.807, 2.05) is 6.08 Å². The Hall–Kier alpha value is -1.00. The first-order chi connectivity index (χ1) is 7.86. The summed E-state index contributed by atoms with van der Waals surface area (Å²) in [7, 11) is 0. The molecule has 0 saturated heterocycles. The Bertz CT molecular complexity index is 335. The monoisotopic (exact) mass is 248 g/mol. The van der Waals surface area contributed by atoms with Gasteiger partial charge in [0.25, 0.3) is 0 Å². The average Bonchev–Trinajstić information content (AvgIpc) is 2.75. The topological polar surface area (TPSA) is 26.3 Å². The quantitative estimate of drug-likeness (QED) is 0.566. The smallest absolute Gasteiger partial charge is 0.425 e. The third-order valence-corrected chi connectivity index (χ3v) is 3.61. The van der Waals surface area contributed by atoms with Gasteiger partial charge >= 0.3 is 12.1 Å². The number of fused-ring (bicyclic) bond motifs is 2. The molecular formula is C12H15F3O2. The second-order valence-corrected chi connectivity index (χ2v) is 4.92. The molecular weight excluding hydrogens is 233 g/mol. The number of hydrogen-bond acceptors (Lipinski definition) is 2. The van der Waals surface area contributed by atoms with E-state index >= 15 is 0 Å². The maximum Gasteiger partial charge on any atom is 0.425 e. The Morgan fingerprint density at radius 2 is 2.12 bits per heavy atom. The van der Waals surface area contributed by atoms with Gasteiger partial charge in [0.1, 0.15) is 0 Å². The minimum atomic E-state index is -4.46. The van der Waals surface area contributed by atoms with E-state index in [-0.39, 0.29) is 18.3 Å². The molecule has 0 amide bonds. The van der Waals surface area contributed by atoms with Crippen molar-refractivity contribution >= 4 is 5.97 Å². The van der Waals surface area contributed by atoms with Gasteiger partial charge in [0.2, 0.25) is 0 Å². The number of alkyl halides is 3. The van der Waals surface area contributed by atoms with Crippen LogP contribution in [0, 0.1) is 17.8 Å². The standard InChI is InChI=1S/C12H15F3O2/c1-7(16)17-11(12(13,14)15)6-10-5-8-2-3-9(10)4-8/h2-3,8-11H,4-6H2,1H3. The van der Waals surface area contributed by atoms with E-state index < -0.39 is 18.2 Å². The van der Waals surface area contributed by atoms with E-state index in [1.165, 1.54) is 0 Å². The SMILES string of the molecule is CC(=O)OC(CC1CC2C=CC1C2)C(F)(F)F. The summed E-state index contributed by atoms with van der Waals surface area (Å²) in [5.74, 6) is -0.210. The van der Waals surface area contributed by atoms with Crippen LogP contribution < -0.4 is 0 Å². The molecule has 0 aromatic rings. The van der Waals surface area contributed by atoms with Crippen molar-refractivity contribution in [1.82, 2.24) is 0 Å². The van der Waals surface area contributed by atoms with E-state index in [1.54, 1.807) is 0 Å². The number of halogens is 3. The summed E-state index contributed by atoms with van der Waals surface area (Å²) in [4.78, 5) is 10.7. The van der Waals surface area contributed by atoms with Crippen molar-refractivity contribution in [2.75, 3.05) is 0 Å². The van der Waals surface area contributed by atoms with Gasteiger partial charge in [0.05, 0.1) is 0 Å². The number of ether oxygens (including phenoxy) is 1. The Labute approximate surface area is 97.8 Å². The zero-order valence-corrected chi connectivity index (χ0v) is 9.54. The zero-order valence-electron chi connectivity index (χ0n) is 9.54. The molecule has 96 valence electrons. The van der Waals surface area contributed by atoms with Gasteiger partial charge in [-0.1, -0.05) is 12.2 Å². The molecule has 4 unspecified atom stereocenters. The second kappa shape index (κ2) is 4.35.